The second-order valence-electron chi connectivity index (χ2n) is 4.02. The van der Waals surface area contributed by atoms with Gasteiger partial charge in [-0.05, 0) is 18.8 Å². The van der Waals surface area contributed by atoms with Crippen molar-refractivity contribution in [3.05, 3.63) is 23.8 Å². The zero-order valence-electron chi connectivity index (χ0n) is 8.72. The number of hydrogen-bond donors (Lipinski definition) is 1. The van der Waals surface area contributed by atoms with Gasteiger partial charge in [0.05, 0.1) is 5.92 Å². The van der Waals surface area contributed by atoms with Gasteiger partial charge in [-0.2, -0.15) is 13.2 Å². The van der Waals surface area contributed by atoms with Gasteiger partial charge < -0.3 is 5.73 Å². The molecule has 1 unspecified atom stereocenters. The molecular weight excluding hydrogens is 203 g/mol. The lowest BCUT2D eigenvalue weighted by molar-refractivity contribution is -0.164. The topological polar surface area (TPSA) is 26.0 Å². The largest absolute Gasteiger partial charge is 0.395 e. The van der Waals surface area contributed by atoms with Crippen molar-refractivity contribution in [2.75, 3.05) is 6.54 Å². The molecule has 0 bridgehead atoms. The van der Waals surface area contributed by atoms with Gasteiger partial charge in [-0.15, -0.1) is 0 Å². The monoisotopic (exact) mass is 219 g/mol. The summed E-state index contributed by atoms with van der Waals surface area (Å²) in [5.41, 5.74) is 6.50. The van der Waals surface area contributed by atoms with Crippen LogP contribution in [0.2, 0.25) is 0 Å². The molecule has 4 heteroatoms. The summed E-state index contributed by atoms with van der Waals surface area (Å²) in [5, 5.41) is 0. The van der Waals surface area contributed by atoms with E-state index in [0.29, 0.717) is 13.0 Å². The summed E-state index contributed by atoms with van der Waals surface area (Å²) in [5.74, 6) is -1.39. The van der Waals surface area contributed by atoms with Gasteiger partial charge >= 0.3 is 6.18 Å². The molecule has 1 aliphatic rings. The van der Waals surface area contributed by atoms with Crippen LogP contribution in [0.4, 0.5) is 13.2 Å². The Bertz CT molecular complexity index is 265. The van der Waals surface area contributed by atoms with Crippen molar-refractivity contribution in [2.45, 2.75) is 25.9 Å². The smallest absolute Gasteiger partial charge is 0.327 e. The van der Waals surface area contributed by atoms with E-state index in [9.17, 15) is 13.2 Å². The van der Waals surface area contributed by atoms with Crippen LogP contribution >= 0.6 is 0 Å². The molecular formula is C11H16F3N. The standard InChI is InChI=1S/C11H16F3N/c1-8-5-9(7-15)3-2-4-10(6-8)11(12,13)14/h2,4-5,8,10H,3,6-7,15H2,1H3/t8-,10?/m0/s1. The van der Waals surface area contributed by atoms with Gasteiger partial charge in [-0.1, -0.05) is 30.7 Å². The molecule has 2 atom stereocenters. The summed E-state index contributed by atoms with van der Waals surface area (Å²) in [6.07, 6.45) is 1.22. The molecule has 0 fully saturated rings. The first-order valence-corrected chi connectivity index (χ1v) is 5.06. The number of nitrogens with two attached hydrogens (primary N) is 1. The van der Waals surface area contributed by atoms with E-state index >= 15 is 0 Å². The van der Waals surface area contributed by atoms with E-state index in [1.165, 1.54) is 6.08 Å². The Labute approximate surface area is 87.8 Å². The highest BCUT2D eigenvalue weighted by atomic mass is 19.4. The molecule has 0 spiro atoms. The lowest BCUT2D eigenvalue weighted by Gasteiger charge is -2.21. The Morgan fingerprint density at radius 1 is 1.47 bits per heavy atom. The third-order valence-corrected chi connectivity index (χ3v) is 2.58. The van der Waals surface area contributed by atoms with Gasteiger partial charge in [0.25, 0.3) is 0 Å². The Morgan fingerprint density at radius 3 is 2.67 bits per heavy atom. The maximum atomic E-state index is 12.5. The van der Waals surface area contributed by atoms with Crippen molar-refractivity contribution in [2.24, 2.45) is 17.6 Å². The molecule has 0 heterocycles. The predicted octanol–water partition coefficient (Wildman–Crippen LogP) is 3.04. The summed E-state index contributed by atoms with van der Waals surface area (Å²) >= 11 is 0. The van der Waals surface area contributed by atoms with Crippen LogP contribution in [0.1, 0.15) is 19.8 Å². The van der Waals surface area contributed by atoms with Crippen molar-refractivity contribution in [1.82, 2.24) is 0 Å². The van der Waals surface area contributed by atoms with E-state index in [4.69, 9.17) is 5.73 Å². The van der Waals surface area contributed by atoms with E-state index < -0.39 is 12.1 Å². The van der Waals surface area contributed by atoms with E-state index in [1.54, 1.807) is 13.0 Å². The normalized spacial score (nSPS) is 28.2. The van der Waals surface area contributed by atoms with Gasteiger partial charge in [0.2, 0.25) is 0 Å². The van der Waals surface area contributed by atoms with Crippen molar-refractivity contribution in [3.63, 3.8) is 0 Å². The highest BCUT2D eigenvalue weighted by Gasteiger charge is 2.38. The van der Waals surface area contributed by atoms with Crippen LogP contribution in [0, 0.1) is 11.8 Å². The molecule has 1 nitrogen and oxygen atoms in total. The van der Waals surface area contributed by atoms with Gasteiger partial charge in [0.1, 0.15) is 0 Å². The van der Waals surface area contributed by atoms with Gasteiger partial charge in [0, 0.05) is 6.54 Å². The highest BCUT2D eigenvalue weighted by molar-refractivity contribution is 5.13. The van der Waals surface area contributed by atoms with E-state index in [-0.39, 0.29) is 12.3 Å². The van der Waals surface area contributed by atoms with Crippen LogP contribution in [0.25, 0.3) is 0 Å². The highest BCUT2D eigenvalue weighted by Crippen LogP contribution is 2.34. The first-order valence-electron chi connectivity index (χ1n) is 5.06. The van der Waals surface area contributed by atoms with Crippen molar-refractivity contribution in [1.29, 1.82) is 0 Å². The molecule has 0 aromatic heterocycles. The van der Waals surface area contributed by atoms with Crippen LogP contribution < -0.4 is 5.73 Å². The lowest BCUT2D eigenvalue weighted by Crippen LogP contribution is -2.23. The molecule has 0 radical (unpaired) electrons. The number of alkyl halides is 3. The molecule has 0 aliphatic heterocycles. The third-order valence-electron chi connectivity index (χ3n) is 2.58. The molecule has 86 valence electrons. The van der Waals surface area contributed by atoms with Crippen LogP contribution in [0.15, 0.2) is 23.8 Å². The molecule has 0 amide bonds. The van der Waals surface area contributed by atoms with E-state index in [1.807, 2.05) is 6.08 Å². The molecule has 1 aliphatic carbocycles. The minimum atomic E-state index is -4.13. The minimum Gasteiger partial charge on any atom is -0.327 e. The van der Waals surface area contributed by atoms with E-state index in [0.717, 1.165) is 5.57 Å². The average molecular weight is 219 g/mol. The first kappa shape index (κ1) is 12.3. The lowest BCUT2D eigenvalue weighted by atomic mass is 9.90. The zero-order chi connectivity index (χ0) is 11.5. The van der Waals surface area contributed by atoms with Crippen LogP contribution in [0.3, 0.4) is 0 Å². The molecule has 0 saturated carbocycles. The third kappa shape index (κ3) is 3.70. The second kappa shape index (κ2) is 4.84. The molecule has 15 heavy (non-hydrogen) atoms. The maximum Gasteiger partial charge on any atom is 0.395 e. The Balaban J connectivity index is 2.76. The van der Waals surface area contributed by atoms with Crippen LogP contribution in [-0.4, -0.2) is 12.7 Å². The maximum absolute atomic E-state index is 12.5. The first-order chi connectivity index (χ1) is 6.93. The summed E-state index contributed by atoms with van der Waals surface area (Å²) in [6.45, 7) is 2.22. The molecule has 1 rings (SSSR count). The average Bonchev–Trinajstić information content (AvgIpc) is 2.08. The van der Waals surface area contributed by atoms with Crippen molar-refractivity contribution >= 4 is 0 Å². The summed E-state index contributed by atoms with van der Waals surface area (Å²) in [7, 11) is 0. The van der Waals surface area contributed by atoms with E-state index in [2.05, 4.69) is 0 Å². The van der Waals surface area contributed by atoms with Crippen LogP contribution in [0.5, 0.6) is 0 Å². The number of allylic oxidation sites excluding steroid dienone is 3. The fourth-order valence-corrected chi connectivity index (χ4v) is 1.80. The molecule has 0 aromatic rings. The van der Waals surface area contributed by atoms with Crippen molar-refractivity contribution < 1.29 is 13.2 Å². The Hall–Kier alpha value is -0.770. The number of halogens is 3. The Kier molecular flexibility index (Phi) is 3.97. The number of rotatable bonds is 1. The summed E-state index contributed by atoms with van der Waals surface area (Å²) in [4.78, 5) is 0. The van der Waals surface area contributed by atoms with Gasteiger partial charge in [-0.25, -0.2) is 0 Å². The molecule has 2 N–H and O–H groups in total. The summed E-state index contributed by atoms with van der Waals surface area (Å²) in [6, 6.07) is 0. The van der Waals surface area contributed by atoms with Gasteiger partial charge in [0.15, 0.2) is 0 Å². The van der Waals surface area contributed by atoms with Crippen molar-refractivity contribution in [3.8, 4) is 0 Å². The molecule has 0 saturated heterocycles. The molecule has 0 aromatic carbocycles. The fourth-order valence-electron chi connectivity index (χ4n) is 1.80. The number of hydrogen-bond acceptors (Lipinski definition) is 1. The Morgan fingerprint density at radius 2 is 2.13 bits per heavy atom. The minimum absolute atomic E-state index is 0.0693. The quantitative estimate of drug-likeness (QED) is 0.674. The summed E-state index contributed by atoms with van der Waals surface area (Å²) < 4.78 is 37.5. The zero-order valence-corrected chi connectivity index (χ0v) is 8.72. The SMILES string of the molecule is C[C@H]1C=C(CN)CC=CC(C(F)(F)F)C1. The van der Waals surface area contributed by atoms with Gasteiger partial charge in [-0.3, -0.25) is 0 Å². The second-order valence-corrected chi connectivity index (χ2v) is 4.02. The predicted molar refractivity (Wildman–Crippen MR) is 54.2 cm³/mol. The van der Waals surface area contributed by atoms with Crippen LogP contribution in [-0.2, 0) is 0 Å². The fraction of sp³-hybridized carbons (Fsp3) is 0.636.